The first kappa shape index (κ1) is 24.3. The van der Waals surface area contributed by atoms with Crippen molar-refractivity contribution in [3.8, 4) is 0 Å². The average Bonchev–Trinajstić information content (AvgIpc) is 3.20. The fourth-order valence-corrected chi connectivity index (χ4v) is 4.04. The predicted octanol–water partition coefficient (Wildman–Crippen LogP) is 7.33. The normalized spacial score (nSPS) is 15.0. The molecule has 3 aromatic rings. The van der Waals surface area contributed by atoms with E-state index in [1.165, 1.54) is 5.56 Å². The Morgan fingerprint density at radius 1 is 1.06 bits per heavy atom. The molecule has 170 valence electrons. The predicted molar refractivity (Wildman–Crippen MR) is 134 cm³/mol. The smallest absolute Gasteiger partial charge is 0.177 e. The maximum Gasteiger partial charge on any atom is 0.177 e. The number of aromatic nitrogens is 4. The molecule has 1 N–H and O–H groups in total. The third-order valence-corrected chi connectivity index (χ3v) is 6.30. The molecule has 1 heterocycles. The molecule has 3 rings (SSSR count). The van der Waals surface area contributed by atoms with Crippen LogP contribution in [-0.2, 0) is 5.54 Å². The van der Waals surface area contributed by atoms with E-state index < -0.39 is 5.54 Å². The molecule has 0 saturated carbocycles. The number of nitrogens with zero attached hydrogens (tertiary/aromatic N) is 4. The molecule has 0 spiro atoms. The van der Waals surface area contributed by atoms with Gasteiger partial charge >= 0.3 is 0 Å². The standard InChI is InChI=1S/C25H31Cl2N5/c1-7-25(6,28-20-13-8-17(2)9-14-20)23-29-30-31-32(23)22(24(3,4)5)15-11-18-10-12-19(26)16-21(18)27/h8-16,22,28H,7H2,1-6H3/b15-11+/t22-,25-/m0/s1. The van der Waals surface area contributed by atoms with Crippen molar-refractivity contribution in [2.24, 2.45) is 5.41 Å². The maximum absolute atomic E-state index is 6.39. The van der Waals surface area contributed by atoms with Crippen LogP contribution >= 0.6 is 23.2 Å². The van der Waals surface area contributed by atoms with Gasteiger partial charge in [-0.3, -0.25) is 0 Å². The number of rotatable bonds is 7. The third-order valence-electron chi connectivity index (χ3n) is 5.74. The van der Waals surface area contributed by atoms with E-state index in [0.717, 1.165) is 23.5 Å². The van der Waals surface area contributed by atoms with Crippen LogP contribution in [0.15, 0.2) is 48.5 Å². The van der Waals surface area contributed by atoms with Crippen LogP contribution in [0.25, 0.3) is 6.08 Å². The Morgan fingerprint density at radius 3 is 2.34 bits per heavy atom. The second-order valence-electron chi connectivity index (χ2n) is 9.46. The molecule has 5 nitrogen and oxygen atoms in total. The lowest BCUT2D eigenvalue weighted by Crippen LogP contribution is -2.37. The van der Waals surface area contributed by atoms with Crippen molar-refractivity contribution >= 4 is 35.0 Å². The topological polar surface area (TPSA) is 55.6 Å². The second-order valence-corrected chi connectivity index (χ2v) is 10.3. The summed E-state index contributed by atoms with van der Waals surface area (Å²) >= 11 is 12.4. The van der Waals surface area contributed by atoms with Gasteiger partial charge in [0.2, 0.25) is 0 Å². The molecule has 0 fully saturated rings. The van der Waals surface area contributed by atoms with Gasteiger partial charge in [0, 0.05) is 15.7 Å². The number of tetrazole rings is 1. The van der Waals surface area contributed by atoms with E-state index in [1.807, 2.05) is 22.9 Å². The van der Waals surface area contributed by atoms with Gasteiger partial charge in [-0.05, 0) is 65.9 Å². The molecule has 0 bridgehead atoms. The van der Waals surface area contributed by atoms with Gasteiger partial charge in [-0.25, -0.2) is 4.68 Å². The molecule has 0 radical (unpaired) electrons. The fourth-order valence-electron chi connectivity index (χ4n) is 3.57. The summed E-state index contributed by atoms with van der Waals surface area (Å²) in [5.41, 5.74) is 2.56. The number of hydrogen-bond acceptors (Lipinski definition) is 4. The summed E-state index contributed by atoms with van der Waals surface area (Å²) in [5, 5.41) is 17.8. The lowest BCUT2D eigenvalue weighted by atomic mass is 9.85. The average molecular weight is 472 g/mol. The minimum Gasteiger partial charge on any atom is -0.373 e. The lowest BCUT2D eigenvalue weighted by Gasteiger charge is -2.34. The summed E-state index contributed by atoms with van der Waals surface area (Å²) in [6.45, 7) is 12.9. The Kier molecular flexibility index (Phi) is 7.31. The van der Waals surface area contributed by atoms with Crippen LogP contribution in [0.5, 0.6) is 0 Å². The molecule has 1 aromatic heterocycles. The zero-order valence-corrected chi connectivity index (χ0v) is 21.0. The maximum atomic E-state index is 6.39. The van der Waals surface area contributed by atoms with Gasteiger partial charge in [0.25, 0.3) is 0 Å². The van der Waals surface area contributed by atoms with E-state index in [-0.39, 0.29) is 11.5 Å². The monoisotopic (exact) mass is 471 g/mol. The van der Waals surface area contributed by atoms with Gasteiger partial charge in [-0.1, -0.05) is 86.8 Å². The molecule has 0 aliphatic carbocycles. The molecule has 7 heteroatoms. The lowest BCUT2D eigenvalue weighted by molar-refractivity contribution is 0.255. The zero-order chi connectivity index (χ0) is 23.5. The van der Waals surface area contributed by atoms with Crippen LogP contribution < -0.4 is 5.32 Å². The van der Waals surface area contributed by atoms with Crippen molar-refractivity contribution in [1.82, 2.24) is 20.2 Å². The van der Waals surface area contributed by atoms with E-state index in [9.17, 15) is 0 Å². The van der Waals surface area contributed by atoms with Crippen molar-refractivity contribution in [2.75, 3.05) is 5.32 Å². The van der Waals surface area contributed by atoms with Gasteiger partial charge in [-0.2, -0.15) is 0 Å². The Morgan fingerprint density at radius 2 is 1.75 bits per heavy atom. The number of allylic oxidation sites excluding steroid dienone is 1. The Balaban J connectivity index is 2.00. The van der Waals surface area contributed by atoms with Crippen molar-refractivity contribution in [2.45, 2.75) is 59.5 Å². The van der Waals surface area contributed by atoms with E-state index in [0.29, 0.717) is 10.0 Å². The molecule has 0 saturated heterocycles. The largest absolute Gasteiger partial charge is 0.373 e. The van der Waals surface area contributed by atoms with Crippen molar-refractivity contribution in [3.05, 3.63) is 75.5 Å². The summed E-state index contributed by atoms with van der Waals surface area (Å²) in [7, 11) is 0. The van der Waals surface area contributed by atoms with Gasteiger partial charge in [0.1, 0.15) is 0 Å². The number of anilines is 1. The highest BCUT2D eigenvalue weighted by atomic mass is 35.5. The number of nitrogens with one attached hydrogen (secondary N) is 1. The van der Waals surface area contributed by atoms with Gasteiger partial charge in [0.15, 0.2) is 5.82 Å². The van der Waals surface area contributed by atoms with E-state index in [1.54, 1.807) is 6.07 Å². The van der Waals surface area contributed by atoms with Crippen LogP contribution in [-0.4, -0.2) is 20.2 Å². The van der Waals surface area contributed by atoms with E-state index in [2.05, 4.69) is 92.7 Å². The minimum atomic E-state index is -0.450. The Hall–Kier alpha value is -2.37. The molecule has 2 aromatic carbocycles. The molecule has 2 atom stereocenters. The first-order chi connectivity index (χ1) is 15.0. The number of benzene rings is 2. The second kappa shape index (κ2) is 9.63. The summed E-state index contributed by atoms with van der Waals surface area (Å²) in [5.74, 6) is 0.785. The number of hydrogen-bond donors (Lipinski definition) is 1. The highest BCUT2D eigenvalue weighted by Crippen LogP contribution is 2.36. The van der Waals surface area contributed by atoms with Gasteiger partial charge in [-0.15, -0.1) is 5.10 Å². The summed E-state index contributed by atoms with van der Waals surface area (Å²) in [4.78, 5) is 0. The highest BCUT2D eigenvalue weighted by Gasteiger charge is 2.36. The van der Waals surface area contributed by atoms with Gasteiger partial charge < -0.3 is 5.32 Å². The zero-order valence-electron chi connectivity index (χ0n) is 19.5. The summed E-state index contributed by atoms with van der Waals surface area (Å²) in [6.07, 6.45) is 4.93. The van der Waals surface area contributed by atoms with Crippen LogP contribution in [0.4, 0.5) is 5.69 Å². The molecule has 32 heavy (non-hydrogen) atoms. The fraction of sp³-hybridized carbons (Fsp3) is 0.400. The minimum absolute atomic E-state index is 0.0927. The van der Waals surface area contributed by atoms with Gasteiger partial charge in [0.05, 0.1) is 11.6 Å². The van der Waals surface area contributed by atoms with E-state index in [4.69, 9.17) is 23.2 Å². The van der Waals surface area contributed by atoms with Crippen LogP contribution in [0.1, 0.15) is 64.0 Å². The molecule has 0 amide bonds. The Bertz CT molecular complexity index is 1080. The van der Waals surface area contributed by atoms with Crippen molar-refractivity contribution in [3.63, 3.8) is 0 Å². The molecule has 0 aliphatic heterocycles. The van der Waals surface area contributed by atoms with Crippen LogP contribution in [0, 0.1) is 12.3 Å². The van der Waals surface area contributed by atoms with Crippen molar-refractivity contribution in [1.29, 1.82) is 0 Å². The number of halogens is 2. The SMILES string of the molecule is CC[C@](C)(Nc1ccc(C)cc1)c1nnnn1[C@@H](/C=C/c1ccc(Cl)cc1Cl)C(C)(C)C. The first-order valence-corrected chi connectivity index (χ1v) is 11.6. The van der Waals surface area contributed by atoms with Crippen LogP contribution in [0.3, 0.4) is 0 Å². The van der Waals surface area contributed by atoms with Crippen LogP contribution in [0.2, 0.25) is 10.0 Å². The summed E-state index contributed by atoms with van der Waals surface area (Å²) < 4.78 is 1.92. The number of aryl methyl sites for hydroxylation is 1. The Labute approximate surface area is 200 Å². The third kappa shape index (κ3) is 5.51. The first-order valence-electron chi connectivity index (χ1n) is 10.8. The highest BCUT2D eigenvalue weighted by molar-refractivity contribution is 6.35. The van der Waals surface area contributed by atoms with Crippen molar-refractivity contribution < 1.29 is 0 Å². The molecular weight excluding hydrogens is 441 g/mol. The molecule has 0 unspecified atom stereocenters. The van der Waals surface area contributed by atoms with E-state index >= 15 is 0 Å². The molecule has 0 aliphatic rings. The summed E-state index contributed by atoms with van der Waals surface area (Å²) in [6, 6.07) is 13.8. The quantitative estimate of drug-likeness (QED) is 0.391. The molecular formula is C25H31Cl2N5.